The molecular weight excluding hydrogens is 160 g/mol. The Morgan fingerprint density at radius 3 is 2.42 bits per heavy atom. The smallest absolute Gasteiger partial charge is 0.0639 e. The number of benzene rings is 1. The Kier molecular flexibility index (Phi) is 2.31. The van der Waals surface area contributed by atoms with Crippen LogP contribution in [0, 0.1) is 0 Å². The van der Waals surface area contributed by atoms with E-state index in [0.717, 1.165) is 5.92 Å². The molecule has 12 heavy (non-hydrogen) atoms. The van der Waals surface area contributed by atoms with Crippen LogP contribution in [0.4, 0.5) is 0 Å². The van der Waals surface area contributed by atoms with Gasteiger partial charge in [-0.15, -0.1) is 0 Å². The largest absolute Gasteiger partial charge is 0.0715 e. The van der Waals surface area contributed by atoms with Gasteiger partial charge in [0, 0.05) is 0 Å². The van der Waals surface area contributed by atoms with Crippen LogP contribution >= 0.6 is 0 Å². The molecular formula is C11H13Si. The molecule has 0 aromatic heterocycles. The molecule has 0 unspecified atom stereocenters. The van der Waals surface area contributed by atoms with E-state index in [-0.39, 0.29) is 0 Å². The lowest BCUT2D eigenvalue weighted by atomic mass is 9.98. The fourth-order valence-corrected chi connectivity index (χ4v) is 2.47. The van der Waals surface area contributed by atoms with Gasteiger partial charge in [0.2, 0.25) is 0 Å². The summed E-state index contributed by atoms with van der Waals surface area (Å²) in [5.41, 5.74) is 1.51. The van der Waals surface area contributed by atoms with Crippen LogP contribution in [0.25, 0.3) is 0 Å². The van der Waals surface area contributed by atoms with Gasteiger partial charge in [-0.3, -0.25) is 0 Å². The third kappa shape index (κ3) is 1.46. The first-order valence-corrected chi connectivity index (χ1v) is 5.18. The molecule has 0 nitrogen and oxygen atoms in total. The van der Waals surface area contributed by atoms with Crippen molar-refractivity contribution < 1.29 is 0 Å². The van der Waals surface area contributed by atoms with Gasteiger partial charge >= 0.3 is 0 Å². The lowest BCUT2D eigenvalue weighted by Crippen LogP contribution is -2.11. The van der Waals surface area contributed by atoms with Crippen LogP contribution in [-0.4, -0.2) is 10.2 Å². The maximum Gasteiger partial charge on any atom is 0.0715 e. The van der Waals surface area contributed by atoms with Gasteiger partial charge in [0.25, 0.3) is 0 Å². The Hall–Kier alpha value is -0.563. The van der Waals surface area contributed by atoms with E-state index in [1.165, 1.54) is 36.4 Å². The monoisotopic (exact) mass is 173 g/mol. The van der Waals surface area contributed by atoms with E-state index in [4.69, 9.17) is 0 Å². The Bertz CT molecular complexity index is 261. The first-order chi connectivity index (χ1) is 5.88. The Morgan fingerprint density at radius 2 is 1.75 bits per heavy atom. The summed E-state index contributed by atoms with van der Waals surface area (Å²) in [6.07, 6.45) is 5.57. The maximum atomic E-state index is 3.66. The average molecular weight is 173 g/mol. The van der Waals surface area contributed by atoms with Gasteiger partial charge in [-0.1, -0.05) is 42.3 Å². The van der Waals surface area contributed by atoms with E-state index in [1.54, 1.807) is 0 Å². The lowest BCUT2D eigenvalue weighted by molar-refractivity contribution is 0.727. The Labute approximate surface area is 77.4 Å². The highest BCUT2D eigenvalue weighted by Crippen LogP contribution is 2.32. The minimum atomic E-state index is 0.818. The summed E-state index contributed by atoms with van der Waals surface area (Å²) in [5, 5.41) is 1.28. The summed E-state index contributed by atoms with van der Waals surface area (Å²) in [7, 11) is 3.66. The molecule has 0 N–H and O–H groups in total. The molecule has 0 atom stereocenters. The van der Waals surface area contributed by atoms with Crippen LogP contribution in [0.3, 0.4) is 0 Å². The molecule has 0 spiro atoms. The van der Waals surface area contributed by atoms with Crippen molar-refractivity contribution in [2.45, 2.75) is 31.6 Å². The van der Waals surface area contributed by atoms with Crippen LogP contribution in [0.15, 0.2) is 24.3 Å². The highest BCUT2D eigenvalue weighted by molar-refractivity contribution is 6.33. The number of hydrogen-bond donors (Lipinski definition) is 0. The van der Waals surface area contributed by atoms with Crippen molar-refractivity contribution in [2.75, 3.05) is 0 Å². The van der Waals surface area contributed by atoms with E-state index < -0.39 is 0 Å². The zero-order valence-corrected chi connectivity index (χ0v) is 8.22. The van der Waals surface area contributed by atoms with Crippen LogP contribution < -0.4 is 5.19 Å². The van der Waals surface area contributed by atoms with Crippen molar-refractivity contribution in [1.82, 2.24) is 0 Å². The fraction of sp³-hybridized carbons (Fsp3) is 0.455. The van der Waals surface area contributed by atoms with Gasteiger partial charge in [-0.25, -0.2) is 0 Å². The van der Waals surface area contributed by atoms with Crippen molar-refractivity contribution in [3.8, 4) is 0 Å². The molecule has 1 aromatic carbocycles. The highest BCUT2D eigenvalue weighted by atomic mass is 28.1. The summed E-state index contributed by atoms with van der Waals surface area (Å²) >= 11 is 0. The summed E-state index contributed by atoms with van der Waals surface area (Å²) in [5.74, 6) is 0.818. The van der Waals surface area contributed by atoms with Crippen LogP contribution in [-0.2, 0) is 0 Å². The highest BCUT2D eigenvalue weighted by Gasteiger charge is 2.17. The summed E-state index contributed by atoms with van der Waals surface area (Å²) in [4.78, 5) is 0. The fourth-order valence-electron chi connectivity index (χ4n) is 2.09. The number of rotatable bonds is 1. The van der Waals surface area contributed by atoms with E-state index in [9.17, 15) is 0 Å². The van der Waals surface area contributed by atoms with Gasteiger partial charge in [0.05, 0.1) is 10.2 Å². The van der Waals surface area contributed by atoms with Crippen molar-refractivity contribution in [3.63, 3.8) is 0 Å². The first kappa shape index (κ1) is 8.05. The quantitative estimate of drug-likeness (QED) is 0.571. The predicted molar refractivity (Wildman–Crippen MR) is 53.0 cm³/mol. The molecule has 0 saturated heterocycles. The molecule has 1 aromatic rings. The normalized spacial score (nSPS) is 18.4. The van der Waals surface area contributed by atoms with Gasteiger partial charge in [0.1, 0.15) is 0 Å². The number of hydrogen-bond acceptors (Lipinski definition) is 0. The van der Waals surface area contributed by atoms with Crippen molar-refractivity contribution in [1.29, 1.82) is 0 Å². The molecule has 1 aliphatic rings. The topological polar surface area (TPSA) is 0 Å². The van der Waals surface area contributed by atoms with Gasteiger partial charge in [0.15, 0.2) is 0 Å². The molecule has 1 saturated carbocycles. The molecule has 1 heteroatoms. The second kappa shape index (κ2) is 3.44. The first-order valence-electron chi connectivity index (χ1n) is 4.68. The molecule has 1 aliphatic carbocycles. The van der Waals surface area contributed by atoms with Crippen LogP contribution in [0.5, 0.6) is 0 Å². The minimum absolute atomic E-state index is 0.818. The third-order valence-corrected chi connectivity index (χ3v) is 3.21. The average Bonchev–Trinajstić information content (AvgIpc) is 2.57. The second-order valence-corrected chi connectivity index (χ2v) is 4.11. The molecule has 0 heterocycles. The van der Waals surface area contributed by atoms with Gasteiger partial charge in [-0.2, -0.15) is 0 Å². The van der Waals surface area contributed by atoms with E-state index in [2.05, 4.69) is 34.5 Å². The summed E-state index contributed by atoms with van der Waals surface area (Å²) in [6.45, 7) is 0. The third-order valence-electron chi connectivity index (χ3n) is 2.76. The lowest BCUT2D eigenvalue weighted by Gasteiger charge is -2.11. The molecule has 61 valence electrons. The predicted octanol–water partition coefficient (Wildman–Crippen LogP) is 2.14. The van der Waals surface area contributed by atoms with E-state index >= 15 is 0 Å². The van der Waals surface area contributed by atoms with Gasteiger partial charge in [-0.05, 0) is 24.3 Å². The van der Waals surface area contributed by atoms with Crippen LogP contribution in [0.1, 0.15) is 37.2 Å². The standard InChI is InChI=1S/C11H13Si/c12-11-8-4-3-7-10(11)9-5-1-2-6-9/h3-4,7-9H,1-2,5-6H2. The molecule has 0 aliphatic heterocycles. The second-order valence-electron chi connectivity index (χ2n) is 3.57. The van der Waals surface area contributed by atoms with Crippen molar-refractivity contribution in [2.24, 2.45) is 0 Å². The van der Waals surface area contributed by atoms with E-state index in [0.29, 0.717) is 0 Å². The Balaban J connectivity index is 2.26. The zero-order valence-electron chi connectivity index (χ0n) is 7.22. The van der Waals surface area contributed by atoms with Crippen molar-refractivity contribution in [3.05, 3.63) is 29.8 Å². The molecule has 2 rings (SSSR count). The van der Waals surface area contributed by atoms with Crippen LogP contribution in [0.2, 0.25) is 0 Å². The molecule has 1 fully saturated rings. The Morgan fingerprint density at radius 1 is 1.08 bits per heavy atom. The molecule has 3 radical (unpaired) electrons. The van der Waals surface area contributed by atoms with Gasteiger partial charge < -0.3 is 0 Å². The van der Waals surface area contributed by atoms with E-state index in [1.807, 2.05) is 0 Å². The maximum absolute atomic E-state index is 3.66. The molecule has 0 amide bonds. The summed E-state index contributed by atoms with van der Waals surface area (Å²) < 4.78 is 0. The summed E-state index contributed by atoms with van der Waals surface area (Å²) in [6, 6.07) is 8.61. The zero-order chi connectivity index (χ0) is 8.39. The molecule has 0 bridgehead atoms. The van der Waals surface area contributed by atoms with Crippen molar-refractivity contribution >= 4 is 15.4 Å². The SMILES string of the molecule is [Si]c1ccccc1C1CCCC1. The minimum Gasteiger partial charge on any atom is -0.0639 e.